The maximum Gasteiger partial charge on any atom is 0.271 e. The third kappa shape index (κ3) is 3.00. The van der Waals surface area contributed by atoms with Crippen molar-refractivity contribution in [3.8, 4) is 0 Å². The van der Waals surface area contributed by atoms with Gasteiger partial charge in [0.25, 0.3) is 17.2 Å². The molecule has 0 aliphatic carbocycles. The molecule has 1 atom stereocenters. The van der Waals surface area contributed by atoms with Crippen LogP contribution in [0.25, 0.3) is 0 Å². The highest BCUT2D eigenvalue weighted by molar-refractivity contribution is 5.96. The second-order valence-corrected chi connectivity index (χ2v) is 7.26. The zero-order valence-electron chi connectivity index (χ0n) is 15.5. The van der Waals surface area contributed by atoms with Crippen molar-refractivity contribution < 1.29 is 14.6 Å². The number of hydrogen-bond acceptors (Lipinski definition) is 4. The molecule has 4 rings (SSSR count). The monoisotopic (exact) mass is 366 g/mol. The summed E-state index contributed by atoms with van der Waals surface area (Å²) in [4.78, 5) is 12.9. The molecule has 140 valence electrons. The smallest absolute Gasteiger partial charge is 0.271 e. The van der Waals surface area contributed by atoms with Crippen LogP contribution in [-0.4, -0.2) is 33.5 Å². The molecular formula is C21H24N3O3+. The van der Waals surface area contributed by atoms with Crippen molar-refractivity contribution in [2.75, 3.05) is 18.0 Å². The molecule has 2 aromatic rings. The van der Waals surface area contributed by atoms with Crippen LogP contribution in [0.15, 0.2) is 48.5 Å². The van der Waals surface area contributed by atoms with Gasteiger partial charge in [0.2, 0.25) is 0 Å². The number of nitro benzene ring substituents is 1. The standard InChI is InChI=1S/C21H24N3O3/c1-2-16-9-11-18(12-10-16)22-15-21(25,23-13-4-3-8-20(22)23)17-6-5-7-19(14-17)24(26)27/h5-7,9-12,14,25H,2-4,8,13,15H2,1H3/q+1. The minimum absolute atomic E-state index is 0.00485. The summed E-state index contributed by atoms with van der Waals surface area (Å²) in [5.74, 6) is 1.10. The number of aryl methyl sites for hydroxylation is 1. The highest BCUT2D eigenvalue weighted by Gasteiger charge is 2.52. The number of anilines is 1. The molecule has 27 heavy (non-hydrogen) atoms. The van der Waals surface area contributed by atoms with Gasteiger partial charge in [0.15, 0.2) is 6.54 Å². The molecule has 0 radical (unpaired) electrons. The van der Waals surface area contributed by atoms with Crippen LogP contribution in [0.2, 0.25) is 0 Å². The fraction of sp³-hybridized carbons (Fsp3) is 0.381. The lowest BCUT2D eigenvalue weighted by Crippen LogP contribution is -2.41. The first-order valence-corrected chi connectivity index (χ1v) is 9.50. The van der Waals surface area contributed by atoms with E-state index in [9.17, 15) is 15.2 Å². The molecular weight excluding hydrogens is 342 g/mol. The lowest BCUT2D eigenvalue weighted by atomic mass is 10.0. The highest BCUT2D eigenvalue weighted by atomic mass is 16.6. The van der Waals surface area contributed by atoms with E-state index in [-0.39, 0.29) is 5.69 Å². The van der Waals surface area contributed by atoms with Crippen molar-refractivity contribution in [1.29, 1.82) is 0 Å². The van der Waals surface area contributed by atoms with E-state index in [4.69, 9.17) is 0 Å². The molecule has 0 aromatic heterocycles. The van der Waals surface area contributed by atoms with Gasteiger partial charge in [0, 0.05) is 24.1 Å². The topological polar surface area (TPSA) is 69.6 Å². The molecule has 2 aliphatic rings. The normalized spacial score (nSPS) is 22.1. The summed E-state index contributed by atoms with van der Waals surface area (Å²) >= 11 is 0. The number of amidine groups is 1. The minimum Gasteiger partial charge on any atom is -0.346 e. The largest absolute Gasteiger partial charge is 0.346 e. The van der Waals surface area contributed by atoms with Crippen molar-refractivity contribution in [3.05, 3.63) is 69.8 Å². The van der Waals surface area contributed by atoms with Crippen molar-refractivity contribution >= 4 is 17.2 Å². The van der Waals surface area contributed by atoms with Crippen LogP contribution in [0.1, 0.15) is 37.3 Å². The molecule has 0 spiro atoms. The van der Waals surface area contributed by atoms with Gasteiger partial charge < -0.3 is 5.11 Å². The highest BCUT2D eigenvalue weighted by Crippen LogP contribution is 2.36. The Morgan fingerprint density at radius 2 is 2.00 bits per heavy atom. The van der Waals surface area contributed by atoms with Crippen LogP contribution in [0, 0.1) is 10.1 Å². The molecule has 1 N–H and O–H groups in total. The Morgan fingerprint density at radius 3 is 2.70 bits per heavy atom. The van der Waals surface area contributed by atoms with Gasteiger partial charge in [0.05, 0.1) is 11.5 Å². The SMILES string of the molecule is CCc1ccc(N2CC(O)(c3cccc([N+](=O)[O-])c3)[N+]3=C2CCCC3)cc1. The van der Waals surface area contributed by atoms with E-state index in [2.05, 4.69) is 36.1 Å². The number of β-amino-alcohol motifs (C(OH)–C–C–N with tert-alkyl or cyclic N) is 1. The predicted molar refractivity (Wildman–Crippen MR) is 104 cm³/mol. The Balaban J connectivity index is 1.77. The van der Waals surface area contributed by atoms with Gasteiger partial charge in [-0.1, -0.05) is 31.2 Å². The molecule has 2 aliphatic heterocycles. The van der Waals surface area contributed by atoms with Crippen LogP contribution in [0.3, 0.4) is 0 Å². The van der Waals surface area contributed by atoms with E-state index in [1.54, 1.807) is 12.1 Å². The summed E-state index contributed by atoms with van der Waals surface area (Å²) in [7, 11) is 0. The van der Waals surface area contributed by atoms with Crippen LogP contribution < -0.4 is 4.90 Å². The Morgan fingerprint density at radius 1 is 1.22 bits per heavy atom. The van der Waals surface area contributed by atoms with Gasteiger partial charge in [-0.15, -0.1) is 0 Å². The van der Waals surface area contributed by atoms with Gasteiger partial charge in [-0.05, 0) is 37.0 Å². The zero-order chi connectivity index (χ0) is 19.0. The number of rotatable bonds is 4. The van der Waals surface area contributed by atoms with Gasteiger partial charge in [-0.2, -0.15) is 0 Å². The minimum atomic E-state index is -1.26. The van der Waals surface area contributed by atoms with E-state index in [0.29, 0.717) is 12.1 Å². The third-order valence-electron chi connectivity index (χ3n) is 5.66. The lowest BCUT2D eigenvalue weighted by molar-refractivity contribution is -0.661. The molecule has 2 heterocycles. The van der Waals surface area contributed by atoms with E-state index in [0.717, 1.165) is 43.8 Å². The maximum absolute atomic E-state index is 11.6. The number of aliphatic hydroxyl groups is 1. The predicted octanol–water partition coefficient (Wildman–Crippen LogP) is 3.42. The zero-order valence-corrected chi connectivity index (χ0v) is 15.5. The Bertz CT molecular complexity index is 907. The first-order chi connectivity index (χ1) is 13.0. The average Bonchev–Trinajstić information content (AvgIpc) is 3.02. The summed E-state index contributed by atoms with van der Waals surface area (Å²) < 4.78 is 2.03. The molecule has 6 nitrogen and oxygen atoms in total. The molecule has 0 amide bonds. The van der Waals surface area contributed by atoms with Crippen LogP contribution in [0.5, 0.6) is 0 Å². The summed E-state index contributed by atoms with van der Waals surface area (Å²) in [6.07, 6.45) is 3.97. The van der Waals surface area contributed by atoms with E-state index >= 15 is 0 Å². The molecule has 0 saturated carbocycles. The number of nitrogens with zero attached hydrogens (tertiary/aromatic N) is 3. The van der Waals surface area contributed by atoms with E-state index in [1.807, 2.05) is 4.58 Å². The van der Waals surface area contributed by atoms with E-state index < -0.39 is 10.6 Å². The molecule has 0 saturated heterocycles. The summed E-state index contributed by atoms with van der Waals surface area (Å²) in [6.45, 7) is 3.25. The Hall–Kier alpha value is -2.73. The maximum atomic E-state index is 11.6. The Labute approximate surface area is 158 Å². The van der Waals surface area contributed by atoms with Crippen LogP contribution in [0.4, 0.5) is 11.4 Å². The second kappa shape index (κ2) is 6.78. The Kier molecular flexibility index (Phi) is 4.44. The summed E-state index contributed by atoms with van der Waals surface area (Å²) in [6, 6.07) is 14.8. The van der Waals surface area contributed by atoms with Gasteiger partial charge in [-0.25, -0.2) is 9.48 Å². The van der Waals surface area contributed by atoms with Gasteiger partial charge in [0.1, 0.15) is 5.69 Å². The molecule has 2 aromatic carbocycles. The fourth-order valence-corrected chi connectivity index (χ4v) is 4.16. The van der Waals surface area contributed by atoms with Gasteiger partial charge >= 0.3 is 0 Å². The van der Waals surface area contributed by atoms with Crippen molar-refractivity contribution in [2.24, 2.45) is 0 Å². The third-order valence-corrected chi connectivity index (χ3v) is 5.66. The number of benzene rings is 2. The van der Waals surface area contributed by atoms with Gasteiger partial charge in [-0.3, -0.25) is 10.1 Å². The van der Waals surface area contributed by atoms with Crippen LogP contribution in [-0.2, 0) is 12.1 Å². The summed E-state index contributed by atoms with van der Waals surface area (Å²) in [5.41, 5.74) is 1.65. The molecule has 6 heteroatoms. The number of hydrogen-bond donors (Lipinski definition) is 1. The fourth-order valence-electron chi connectivity index (χ4n) is 4.16. The molecule has 1 unspecified atom stereocenters. The number of nitro groups is 1. The number of non-ortho nitro benzene ring substituents is 1. The second-order valence-electron chi connectivity index (χ2n) is 7.26. The van der Waals surface area contributed by atoms with Crippen molar-refractivity contribution in [2.45, 2.75) is 38.3 Å². The van der Waals surface area contributed by atoms with Crippen LogP contribution >= 0.6 is 0 Å². The molecule has 0 fully saturated rings. The lowest BCUT2D eigenvalue weighted by Gasteiger charge is -2.24. The molecule has 0 bridgehead atoms. The van der Waals surface area contributed by atoms with E-state index in [1.165, 1.54) is 17.7 Å². The van der Waals surface area contributed by atoms with Crippen molar-refractivity contribution in [1.82, 2.24) is 0 Å². The summed E-state index contributed by atoms with van der Waals surface area (Å²) in [5, 5.41) is 22.8. The first-order valence-electron chi connectivity index (χ1n) is 9.50. The quantitative estimate of drug-likeness (QED) is 0.511. The first kappa shape index (κ1) is 17.7. The average molecular weight is 366 g/mol. The van der Waals surface area contributed by atoms with Crippen molar-refractivity contribution in [3.63, 3.8) is 0 Å².